The summed E-state index contributed by atoms with van der Waals surface area (Å²) in [5.41, 5.74) is 0.205. The smallest absolute Gasteiger partial charge is 0.305 e. The van der Waals surface area contributed by atoms with Crippen LogP contribution in [0.15, 0.2) is 42.5 Å². The van der Waals surface area contributed by atoms with Crippen LogP contribution in [0, 0.1) is 11.3 Å². The summed E-state index contributed by atoms with van der Waals surface area (Å²) in [6, 6.07) is 9.96. The van der Waals surface area contributed by atoms with E-state index >= 15 is 0 Å². The van der Waals surface area contributed by atoms with Crippen LogP contribution < -0.4 is 0 Å². The van der Waals surface area contributed by atoms with Crippen molar-refractivity contribution in [3.05, 3.63) is 48.0 Å². The van der Waals surface area contributed by atoms with Gasteiger partial charge in [-0.1, -0.05) is 42.5 Å². The lowest BCUT2D eigenvalue weighted by atomic mass is 9.72. The standard InChI is InChI=1S/C22H30O5/c1-27-21(26)11-7-2-3-8-14-22(16-23)18(19(24)15-20(22)25)13-12-17-9-5-4-6-10-17/h3-6,8-10,16,18-20,24-25H,2,7,11-15H2,1H3. The molecule has 148 valence electrons. The summed E-state index contributed by atoms with van der Waals surface area (Å²) < 4.78 is 4.60. The molecule has 0 aromatic heterocycles. The molecule has 2 rings (SSSR count). The molecule has 1 aliphatic carbocycles. The number of ether oxygens (including phenoxy) is 1. The number of carbonyl (C=O) groups is 2. The van der Waals surface area contributed by atoms with Crippen LogP contribution >= 0.6 is 0 Å². The van der Waals surface area contributed by atoms with Crippen LogP contribution in [-0.4, -0.2) is 41.8 Å². The molecule has 2 N–H and O–H groups in total. The van der Waals surface area contributed by atoms with Gasteiger partial charge in [-0.2, -0.15) is 0 Å². The Balaban J connectivity index is 1.97. The molecule has 1 aromatic carbocycles. The van der Waals surface area contributed by atoms with Gasteiger partial charge in [0.15, 0.2) is 0 Å². The summed E-state index contributed by atoms with van der Waals surface area (Å²) >= 11 is 0. The van der Waals surface area contributed by atoms with Crippen LogP contribution in [0.25, 0.3) is 0 Å². The Kier molecular flexibility index (Phi) is 8.20. The lowest BCUT2D eigenvalue weighted by Crippen LogP contribution is -2.38. The minimum Gasteiger partial charge on any atom is -0.469 e. The van der Waals surface area contributed by atoms with Crippen molar-refractivity contribution in [2.24, 2.45) is 11.3 Å². The van der Waals surface area contributed by atoms with Gasteiger partial charge in [-0.15, -0.1) is 0 Å². The van der Waals surface area contributed by atoms with E-state index in [0.29, 0.717) is 32.1 Å². The molecule has 1 aromatic rings. The number of unbranched alkanes of at least 4 members (excludes halogenated alkanes) is 1. The summed E-state index contributed by atoms with van der Waals surface area (Å²) in [6.07, 6.45) is 6.92. The second-order valence-electron chi connectivity index (χ2n) is 7.32. The molecule has 4 atom stereocenters. The molecular formula is C22H30O5. The summed E-state index contributed by atoms with van der Waals surface area (Å²) in [5.74, 6) is -0.506. The van der Waals surface area contributed by atoms with Crippen molar-refractivity contribution in [3.63, 3.8) is 0 Å². The maximum atomic E-state index is 12.0. The Morgan fingerprint density at radius 1 is 1.26 bits per heavy atom. The van der Waals surface area contributed by atoms with Gasteiger partial charge in [0.05, 0.1) is 24.7 Å². The first kappa shape index (κ1) is 21.3. The number of aliphatic hydroxyl groups excluding tert-OH is 2. The minimum absolute atomic E-state index is 0.231. The minimum atomic E-state index is -0.951. The van der Waals surface area contributed by atoms with Crippen molar-refractivity contribution < 1.29 is 24.5 Å². The zero-order valence-electron chi connectivity index (χ0n) is 15.9. The van der Waals surface area contributed by atoms with Crippen molar-refractivity contribution in [1.29, 1.82) is 0 Å². The van der Waals surface area contributed by atoms with Crippen LogP contribution in [-0.2, 0) is 20.7 Å². The fraction of sp³-hybridized carbons (Fsp3) is 0.545. The quantitative estimate of drug-likeness (QED) is 0.285. The van der Waals surface area contributed by atoms with Gasteiger partial charge in [0.1, 0.15) is 6.29 Å². The molecule has 4 unspecified atom stereocenters. The van der Waals surface area contributed by atoms with E-state index in [-0.39, 0.29) is 18.3 Å². The zero-order valence-corrected chi connectivity index (χ0v) is 15.9. The van der Waals surface area contributed by atoms with Gasteiger partial charge in [-0.25, -0.2) is 0 Å². The molecule has 1 saturated carbocycles. The van der Waals surface area contributed by atoms with Gasteiger partial charge in [-0.05, 0) is 37.7 Å². The number of aliphatic hydroxyl groups is 2. The molecule has 0 radical (unpaired) electrons. The molecule has 0 heterocycles. The summed E-state index contributed by atoms with van der Waals surface area (Å²) in [5, 5.41) is 20.9. The lowest BCUT2D eigenvalue weighted by Gasteiger charge is -2.32. The molecule has 1 fully saturated rings. The maximum absolute atomic E-state index is 12.0. The Hall–Kier alpha value is -1.98. The van der Waals surface area contributed by atoms with Crippen molar-refractivity contribution in [2.75, 3.05) is 7.11 Å². The van der Waals surface area contributed by atoms with Crippen molar-refractivity contribution in [3.8, 4) is 0 Å². The highest BCUT2D eigenvalue weighted by molar-refractivity contribution is 5.69. The van der Waals surface area contributed by atoms with Crippen LogP contribution in [0.4, 0.5) is 0 Å². The first-order valence-electron chi connectivity index (χ1n) is 9.61. The van der Waals surface area contributed by atoms with Gasteiger partial charge < -0.3 is 19.7 Å². The molecule has 0 amide bonds. The Morgan fingerprint density at radius 2 is 2.00 bits per heavy atom. The number of methoxy groups -OCH3 is 1. The van der Waals surface area contributed by atoms with Gasteiger partial charge >= 0.3 is 5.97 Å². The number of hydrogen-bond donors (Lipinski definition) is 2. The van der Waals surface area contributed by atoms with Gasteiger partial charge in [0, 0.05) is 18.8 Å². The highest BCUT2D eigenvalue weighted by Gasteiger charge is 2.53. The van der Waals surface area contributed by atoms with E-state index in [0.717, 1.165) is 18.3 Å². The molecule has 0 spiro atoms. The first-order valence-corrected chi connectivity index (χ1v) is 9.61. The second-order valence-corrected chi connectivity index (χ2v) is 7.32. The number of benzene rings is 1. The molecule has 0 aliphatic heterocycles. The molecule has 5 nitrogen and oxygen atoms in total. The fourth-order valence-electron chi connectivity index (χ4n) is 4.02. The third-order valence-corrected chi connectivity index (χ3v) is 5.66. The van der Waals surface area contributed by atoms with Crippen molar-refractivity contribution in [2.45, 2.75) is 57.2 Å². The third-order valence-electron chi connectivity index (χ3n) is 5.66. The van der Waals surface area contributed by atoms with E-state index < -0.39 is 17.6 Å². The predicted molar refractivity (Wildman–Crippen MR) is 103 cm³/mol. The van der Waals surface area contributed by atoms with Gasteiger partial charge in [-0.3, -0.25) is 4.79 Å². The summed E-state index contributed by atoms with van der Waals surface area (Å²) in [7, 11) is 1.37. The molecule has 5 heteroatoms. The monoisotopic (exact) mass is 374 g/mol. The Morgan fingerprint density at radius 3 is 2.67 bits per heavy atom. The van der Waals surface area contributed by atoms with Crippen LogP contribution in [0.5, 0.6) is 0 Å². The third kappa shape index (κ3) is 5.50. The number of allylic oxidation sites excluding steroid dienone is 2. The number of aryl methyl sites for hydroxylation is 1. The van der Waals surface area contributed by atoms with Crippen LogP contribution in [0.3, 0.4) is 0 Å². The van der Waals surface area contributed by atoms with E-state index in [1.165, 1.54) is 7.11 Å². The number of carbonyl (C=O) groups excluding carboxylic acids is 2. The average Bonchev–Trinajstić information content (AvgIpc) is 2.92. The summed E-state index contributed by atoms with van der Waals surface area (Å²) in [4.78, 5) is 23.1. The second kappa shape index (κ2) is 10.4. The maximum Gasteiger partial charge on any atom is 0.305 e. The predicted octanol–water partition coefficient (Wildman–Crippen LogP) is 2.84. The number of rotatable bonds is 10. The molecule has 27 heavy (non-hydrogen) atoms. The lowest BCUT2D eigenvalue weighted by molar-refractivity contribution is -0.140. The molecule has 0 bridgehead atoms. The fourth-order valence-corrected chi connectivity index (χ4v) is 4.02. The zero-order chi connectivity index (χ0) is 19.7. The van der Waals surface area contributed by atoms with Gasteiger partial charge in [0.25, 0.3) is 0 Å². The van der Waals surface area contributed by atoms with Crippen LogP contribution in [0.1, 0.15) is 44.1 Å². The van der Waals surface area contributed by atoms with Crippen molar-refractivity contribution >= 4 is 12.3 Å². The molecular weight excluding hydrogens is 344 g/mol. The van der Waals surface area contributed by atoms with E-state index in [1.54, 1.807) is 0 Å². The average molecular weight is 374 g/mol. The largest absolute Gasteiger partial charge is 0.469 e. The Bertz CT molecular complexity index is 627. The molecule has 0 saturated heterocycles. The highest BCUT2D eigenvalue weighted by Crippen LogP contribution is 2.47. The Labute approximate surface area is 161 Å². The van der Waals surface area contributed by atoms with E-state index in [2.05, 4.69) is 4.74 Å². The molecule has 1 aliphatic rings. The van der Waals surface area contributed by atoms with Crippen molar-refractivity contribution in [1.82, 2.24) is 0 Å². The highest BCUT2D eigenvalue weighted by atomic mass is 16.5. The number of hydrogen-bond acceptors (Lipinski definition) is 5. The van der Waals surface area contributed by atoms with E-state index in [4.69, 9.17) is 0 Å². The van der Waals surface area contributed by atoms with E-state index in [9.17, 15) is 19.8 Å². The number of esters is 1. The van der Waals surface area contributed by atoms with Crippen LogP contribution in [0.2, 0.25) is 0 Å². The SMILES string of the molecule is COC(=O)CCCC=CCC1(C=O)C(O)CC(O)C1CCc1ccccc1. The topological polar surface area (TPSA) is 83.8 Å². The van der Waals surface area contributed by atoms with E-state index in [1.807, 2.05) is 42.5 Å². The summed E-state index contributed by atoms with van der Waals surface area (Å²) in [6.45, 7) is 0. The van der Waals surface area contributed by atoms with Gasteiger partial charge in [0.2, 0.25) is 0 Å². The number of aldehydes is 1. The normalized spacial score (nSPS) is 27.7. The first-order chi connectivity index (χ1) is 13.0.